The molecule has 94 valence electrons. The Bertz CT molecular complexity index is 559. The van der Waals surface area contributed by atoms with Gasteiger partial charge in [-0.1, -0.05) is 11.6 Å². The Morgan fingerprint density at radius 3 is 2.83 bits per heavy atom. The molecule has 0 spiro atoms. The van der Waals surface area contributed by atoms with Gasteiger partial charge in [0.25, 0.3) is 11.7 Å². The van der Waals surface area contributed by atoms with E-state index < -0.39 is 11.7 Å². The van der Waals surface area contributed by atoms with Crippen molar-refractivity contribution in [2.24, 2.45) is 0 Å². The number of thioether (sulfide) groups is 1. The van der Waals surface area contributed by atoms with Crippen molar-refractivity contribution in [3.8, 4) is 0 Å². The zero-order valence-corrected chi connectivity index (χ0v) is 10.9. The van der Waals surface area contributed by atoms with Crippen molar-refractivity contribution in [1.82, 2.24) is 5.32 Å². The molecule has 1 aromatic carbocycles. The number of anilines is 1. The lowest BCUT2D eigenvalue weighted by atomic mass is 10.1. The normalized spacial score (nSPS) is 13.2. The van der Waals surface area contributed by atoms with Crippen LogP contribution in [0.25, 0.3) is 0 Å². The number of hydrogen-bond donors (Lipinski definition) is 2. The predicted molar refractivity (Wildman–Crippen MR) is 69.2 cm³/mol. The van der Waals surface area contributed by atoms with Crippen LogP contribution >= 0.6 is 23.4 Å². The van der Waals surface area contributed by atoms with Gasteiger partial charge in [-0.3, -0.25) is 14.4 Å². The maximum absolute atomic E-state index is 11.4. The topological polar surface area (TPSA) is 75.3 Å². The first-order valence-corrected chi connectivity index (χ1v) is 6.42. The molecule has 1 heterocycles. The van der Waals surface area contributed by atoms with Crippen LogP contribution in [0.2, 0.25) is 5.02 Å². The van der Waals surface area contributed by atoms with Gasteiger partial charge in [0.15, 0.2) is 0 Å². The molecule has 2 amide bonds. The molecule has 0 saturated heterocycles. The fraction of sp³-hybridized carbons (Fsp3) is 0.182. The molecule has 0 aromatic heterocycles. The van der Waals surface area contributed by atoms with Crippen LogP contribution < -0.4 is 10.6 Å². The van der Waals surface area contributed by atoms with Gasteiger partial charge in [0.05, 0.1) is 22.0 Å². The number of halogens is 1. The van der Waals surface area contributed by atoms with E-state index in [1.165, 1.54) is 17.8 Å². The van der Waals surface area contributed by atoms with Crippen molar-refractivity contribution in [1.29, 1.82) is 0 Å². The molecule has 0 aliphatic carbocycles. The van der Waals surface area contributed by atoms with E-state index >= 15 is 0 Å². The molecular formula is C11H9ClN2O3S. The monoisotopic (exact) mass is 284 g/mol. The number of amides is 2. The second-order valence-corrected chi connectivity index (χ2v) is 5.00. The molecule has 2 rings (SSSR count). The third-order valence-electron chi connectivity index (χ3n) is 2.41. The number of rotatable bonds is 3. The van der Waals surface area contributed by atoms with Crippen LogP contribution in [-0.2, 0) is 9.59 Å². The van der Waals surface area contributed by atoms with Crippen molar-refractivity contribution < 1.29 is 14.4 Å². The molecule has 5 nitrogen and oxygen atoms in total. The molecule has 0 bridgehead atoms. The van der Waals surface area contributed by atoms with E-state index in [4.69, 9.17) is 11.6 Å². The van der Waals surface area contributed by atoms with Crippen LogP contribution in [0.5, 0.6) is 0 Å². The van der Waals surface area contributed by atoms with Gasteiger partial charge >= 0.3 is 0 Å². The number of Topliss-reactive ketones (excluding diaryl/α,β-unsaturated/α-hetero) is 1. The summed E-state index contributed by atoms with van der Waals surface area (Å²) in [4.78, 5) is 34.4. The summed E-state index contributed by atoms with van der Waals surface area (Å²) >= 11 is 7.25. The Hall–Kier alpha value is -1.53. The smallest absolute Gasteiger partial charge is 0.296 e. The van der Waals surface area contributed by atoms with Gasteiger partial charge in [-0.25, -0.2) is 0 Å². The third kappa shape index (κ3) is 2.34. The highest BCUT2D eigenvalue weighted by molar-refractivity contribution is 8.00. The molecular weight excluding hydrogens is 276 g/mol. The average Bonchev–Trinajstić information content (AvgIpc) is 2.62. The summed E-state index contributed by atoms with van der Waals surface area (Å²) in [5.74, 6) is -1.15. The second kappa shape index (κ2) is 4.99. The lowest BCUT2D eigenvalue weighted by Crippen LogP contribution is -2.19. The van der Waals surface area contributed by atoms with Gasteiger partial charge in [0.1, 0.15) is 0 Å². The molecule has 0 unspecified atom stereocenters. The van der Waals surface area contributed by atoms with Crippen molar-refractivity contribution in [2.75, 3.05) is 18.1 Å². The van der Waals surface area contributed by atoms with Crippen LogP contribution in [0.1, 0.15) is 10.4 Å². The summed E-state index contributed by atoms with van der Waals surface area (Å²) in [6, 6.07) is 3.05. The summed E-state index contributed by atoms with van der Waals surface area (Å²) < 4.78 is 0. The van der Waals surface area contributed by atoms with Crippen LogP contribution in [0, 0.1) is 0 Å². The number of carbonyl (C=O) groups is 3. The first kappa shape index (κ1) is 12.9. The molecule has 18 heavy (non-hydrogen) atoms. The molecule has 1 aromatic rings. The minimum absolute atomic E-state index is 0.128. The zero-order chi connectivity index (χ0) is 13.3. The lowest BCUT2D eigenvalue weighted by Gasteiger charge is -2.06. The van der Waals surface area contributed by atoms with Gasteiger partial charge in [0.2, 0.25) is 5.91 Å². The maximum atomic E-state index is 11.4. The van der Waals surface area contributed by atoms with Crippen LogP contribution in [0.15, 0.2) is 17.0 Å². The lowest BCUT2D eigenvalue weighted by molar-refractivity contribution is -0.118. The van der Waals surface area contributed by atoms with Crippen LogP contribution in [-0.4, -0.2) is 30.4 Å². The Morgan fingerprint density at radius 1 is 1.44 bits per heavy atom. The number of ketones is 1. The Labute approximate surface area is 112 Å². The number of fused-ring (bicyclic) bond motifs is 1. The first-order chi connectivity index (χ1) is 8.52. The van der Waals surface area contributed by atoms with Crippen molar-refractivity contribution in [3.05, 3.63) is 22.7 Å². The van der Waals surface area contributed by atoms with E-state index in [9.17, 15) is 14.4 Å². The van der Waals surface area contributed by atoms with E-state index in [1.807, 2.05) is 0 Å². The highest BCUT2D eigenvalue weighted by Gasteiger charge is 2.29. The number of benzene rings is 1. The van der Waals surface area contributed by atoms with Crippen LogP contribution in [0.4, 0.5) is 5.69 Å². The summed E-state index contributed by atoms with van der Waals surface area (Å²) in [5, 5.41) is 5.30. The van der Waals surface area contributed by atoms with Crippen LogP contribution in [0.3, 0.4) is 0 Å². The van der Waals surface area contributed by atoms with Gasteiger partial charge in [-0.2, -0.15) is 0 Å². The highest BCUT2D eigenvalue weighted by Crippen LogP contribution is 2.35. The number of nitrogens with one attached hydrogen (secondary N) is 2. The molecule has 7 heteroatoms. The standard InChI is InChI=1S/C11H9ClN2O3S/c1-13-9(15)4-18-8-3-7-5(2-6(8)12)10(16)11(17)14-7/h2-3H,4H2,1H3,(H,13,15)(H,14,16,17). The Kier molecular flexibility index (Phi) is 3.58. The largest absolute Gasteiger partial charge is 0.358 e. The average molecular weight is 285 g/mol. The molecule has 2 N–H and O–H groups in total. The molecule has 1 aliphatic heterocycles. The van der Waals surface area contributed by atoms with E-state index in [-0.39, 0.29) is 17.2 Å². The highest BCUT2D eigenvalue weighted by atomic mass is 35.5. The quantitative estimate of drug-likeness (QED) is 0.648. The van der Waals surface area contributed by atoms with Crippen molar-refractivity contribution in [2.45, 2.75) is 4.90 Å². The zero-order valence-electron chi connectivity index (χ0n) is 9.37. The fourth-order valence-corrected chi connectivity index (χ4v) is 2.63. The summed E-state index contributed by atoms with van der Waals surface area (Å²) in [7, 11) is 1.55. The minimum atomic E-state index is -0.658. The number of carbonyl (C=O) groups excluding carboxylic acids is 3. The second-order valence-electron chi connectivity index (χ2n) is 3.57. The Balaban J connectivity index is 2.25. The molecule has 0 atom stereocenters. The molecule has 0 fully saturated rings. The first-order valence-electron chi connectivity index (χ1n) is 5.05. The van der Waals surface area contributed by atoms with Gasteiger partial charge in [-0.05, 0) is 12.1 Å². The molecule has 0 radical (unpaired) electrons. The van der Waals surface area contributed by atoms with E-state index in [1.54, 1.807) is 13.1 Å². The SMILES string of the molecule is CNC(=O)CSc1cc2c(cc1Cl)C(=O)C(=O)N2. The fourth-order valence-electron chi connectivity index (χ4n) is 1.47. The third-order valence-corrected chi connectivity index (χ3v) is 3.89. The molecule has 1 aliphatic rings. The van der Waals surface area contributed by atoms with E-state index in [0.29, 0.717) is 15.6 Å². The van der Waals surface area contributed by atoms with Crippen molar-refractivity contribution in [3.63, 3.8) is 0 Å². The van der Waals surface area contributed by atoms with Crippen molar-refractivity contribution >= 4 is 46.6 Å². The summed E-state index contributed by atoms with van der Waals surface area (Å²) in [6.45, 7) is 0. The van der Waals surface area contributed by atoms with Gasteiger partial charge in [-0.15, -0.1) is 11.8 Å². The van der Waals surface area contributed by atoms with Gasteiger partial charge in [0, 0.05) is 11.9 Å². The van der Waals surface area contributed by atoms with E-state index in [2.05, 4.69) is 10.6 Å². The van der Waals surface area contributed by atoms with E-state index in [0.717, 1.165) is 0 Å². The summed E-state index contributed by atoms with van der Waals surface area (Å²) in [6.07, 6.45) is 0. The van der Waals surface area contributed by atoms with Gasteiger partial charge < -0.3 is 10.6 Å². The predicted octanol–water partition coefficient (Wildman–Crippen LogP) is 1.31. The summed E-state index contributed by atoms with van der Waals surface area (Å²) in [5.41, 5.74) is 0.711. The molecule has 0 saturated carbocycles. The minimum Gasteiger partial charge on any atom is -0.358 e. The number of hydrogen-bond acceptors (Lipinski definition) is 4. The Morgan fingerprint density at radius 2 is 2.17 bits per heavy atom. The maximum Gasteiger partial charge on any atom is 0.296 e.